The molecule has 0 aromatic carbocycles. The zero-order valence-electron chi connectivity index (χ0n) is 11.0. The number of ether oxygens (including phenoxy) is 1. The Balaban J connectivity index is 2.12. The fourth-order valence-corrected chi connectivity index (χ4v) is 3.93. The summed E-state index contributed by atoms with van der Waals surface area (Å²) in [5.41, 5.74) is 0. The maximum absolute atomic E-state index is 11.7. The molecule has 0 amide bonds. The molecule has 2 N–H and O–H groups in total. The van der Waals surface area contributed by atoms with Crippen molar-refractivity contribution in [1.29, 1.82) is 0 Å². The Labute approximate surface area is 112 Å². The lowest BCUT2D eigenvalue weighted by Crippen LogP contribution is -2.25. The molecular formula is C11H18N4O3S. The summed E-state index contributed by atoms with van der Waals surface area (Å²) < 4.78 is 28.7. The van der Waals surface area contributed by atoms with E-state index in [2.05, 4.69) is 20.6 Å². The number of hydrogen-bond acceptors (Lipinski definition) is 7. The van der Waals surface area contributed by atoms with E-state index < -0.39 is 9.84 Å². The smallest absolute Gasteiger partial charge is 0.204 e. The van der Waals surface area contributed by atoms with Crippen molar-refractivity contribution in [1.82, 2.24) is 9.97 Å². The minimum absolute atomic E-state index is 0.280. The van der Waals surface area contributed by atoms with Crippen molar-refractivity contribution >= 4 is 21.5 Å². The molecule has 8 heteroatoms. The molecule has 106 valence electrons. The van der Waals surface area contributed by atoms with E-state index in [4.69, 9.17) is 4.74 Å². The summed E-state index contributed by atoms with van der Waals surface area (Å²) in [6.07, 6.45) is 2.83. The van der Waals surface area contributed by atoms with Crippen LogP contribution in [0, 0.1) is 0 Å². The summed E-state index contributed by atoms with van der Waals surface area (Å²) in [5, 5.41) is 5.60. The van der Waals surface area contributed by atoms with E-state index >= 15 is 0 Å². The quantitative estimate of drug-likeness (QED) is 0.814. The topological polar surface area (TPSA) is 93.2 Å². The van der Waals surface area contributed by atoms with Crippen molar-refractivity contribution in [2.75, 3.05) is 37.1 Å². The summed E-state index contributed by atoms with van der Waals surface area (Å²) in [7, 11) is 0.302. The molecule has 1 fully saturated rings. The van der Waals surface area contributed by atoms with Crippen LogP contribution in [0.1, 0.15) is 12.8 Å². The number of aromatic nitrogens is 2. The highest BCUT2D eigenvalue weighted by molar-refractivity contribution is 7.92. The highest BCUT2D eigenvalue weighted by Crippen LogP contribution is 2.29. The minimum Gasteiger partial charge on any atom is -0.490 e. The molecule has 0 saturated carbocycles. The molecule has 7 nitrogen and oxygen atoms in total. The van der Waals surface area contributed by atoms with E-state index in [0.29, 0.717) is 30.4 Å². The van der Waals surface area contributed by atoms with Crippen LogP contribution in [0.2, 0.25) is 0 Å². The average molecular weight is 286 g/mol. The fourth-order valence-electron chi connectivity index (χ4n) is 2.17. The van der Waals surface area contributed by atoms with Crippen molar-refractivity contribution < 1.29 is 13.2 Å². The van der Waals surface area contributed by atoms with Gasteiger partial charge in [0.25, 0.3) is 0 Å². The second-order valence-corrected chi connectivity index (χ2v) is 6.77. The van der Waals surface area contributed by atoms with E-state index in [1.54, 1.807) is 7.05 Å². The highest BCUT2D eigenvalue weighted by atomic mass is 32.2. The number of anilines is 2. The molecule has 1 aromatic rings. The van der Waals surface area contributed by atoms with Crippen LogP contribution < -0.4 is 15.4 Å². The zero-order valence-corrected chi connectivity index (χ0v) is 11.8. The number of nitrogens with one attached hydrogen (secondary N) is 2. The summed E-state index contributed by atoms with van der Waals surface area (Å²) in [6, 6.07) is 0. The van der Waals surface area contributed by atoms with Gasteiger partial charge in [0, 0.05) is 13.6 Å². The lowest BCUT2D eigenvalue weighted by molar-refractivity contribution is 0.415. The fraction of sp³-hybridized carbons (Fsp3) is 0.636. The molecule has 1 aromatic heterocycles. The van der Waals surface area contributed by atoms with Gasteiger partial charge in [0.15, 0.2) is 21.5 Å². The summed E-state index contributed by atoms with van der Waals surface area (Å²) in [6.45, 7) is 0.346. The van der Waals surface area contributed by atoms with Crippen LogP contribution in [0.3, 0.4) is 0 Å². The Kier molecular flexibility index (Phi) is 4.08. The standard InChI is InChI=1S/C11H18N4O3S/c1-12-10-9(18-2)11(15-7-14-10)13-6-8-4-3-5-19(8,16)17/h7-8H,3-6H2,1-2H3,(H2,12,13,14,15). The first-order chi connectivity index (χ1) is 9.08. The first kappa shape index (κ1) is 13.9. The Bertz CT molecular complexity index is 547. The maximum Gasteiger partial charge on any atom is 0.204 e. The maximum atomic E-state index is 11.7. The first-order valence-corrected chi connectivity index (χ1v) is 7.82. The normalized spacial score (nSPS) is 21.1. The van der Waals surface area contributed by atoms with Gasteiger partial charge in [0.1, 0.15) is 6.33 Å². The van der Waals surface area contributed by atoms with Crippen LogP contribution in [-0.2, 0) is 9.84 Å². The van der Waals surface area contributed by atoms with Crippen LogP contribution in [0.15, 0.2) is 6.33 Å². The molecular weight excluding hydrogens is 268 g/mol. The monoisotopic (exact) mass is 286 g/mol. The third kappa shape index (κ3) is 2.89. The van der Waals surface area contributed by atoms with Crippen LogP contribution in [0.4, 0.5) is 11.6 Å². The second-order valence-electron chi connectivity index (χ2n) is 4.37. The largest absolute Gasteiger partial charge is 0.490 e. The molecule has 2 heterocycles. The van der Waals surface area contributed by atoms with Crippen molar-refractivity contribution in [3.05, 3.63) is 6.33 Å². The van der Waals surface area contributed by atoms with Crippen LogP contribution >= 0.6 is 0 Å². The number of hydrogen-bond donors (Lipinski definition) is 2. The van der Waals surface area contributed by atoms with Gasteiger partial charge in [-0.15, -0.1) is 0 Å². The van der Waals surface area contributed by atoms with Crippen LogP contribution in [0.25, 0.3) is 0 Å². The summed E-state index contributed by atoms with van der Waals surface area (Å²) in [5.74, 6) is 1.83. The molecule has 0 bridgehead atoms. The van der Waals surface area contributed by atoms with E-state index in [0.717, 1.165) is 6.42 Å². The number of nitrogens with zero attached hydrogens (tertiary/aromatic N) is 2. The third-order valence-electron chi connectivity index (χ3n) is 3.20. The Morgan fingerprint density at radius 1 is 1.42 bits per heavy atom. The highest BCUT2D eigenvalue weighted by Gasteiger charge is 2.31. The molecule has 0 aliphatic carbocycles. The Morgan fingerprint density at radius 3 is 2.74 bits per heavy atom. The van der Waals surface area contributed by atoms with E-state index in [9.17, 15) is 8.42 Å². The molecule has 1 aliphatic heterocycles. The SMILES string of the molecule is CNc1ncnc(NCC2CCCS2(=O)=O)c1OC. The zero-order chi connectivity index (χ0) is 13.9. The predicted molar refractivity (Wildman–Crippen MR) is 73.4 cm³/mol. The Morgan fingerprint density at radius 2 is 2.16 bits per heavy atom. The minimum atomic E-state index is -2.95. The van der Waals surface area contributed by atoms with Gasteiger partial charge in [-0.2, -0.15) is 0 Å². The van der Waals surface area contributed by atoms with E-state index in [1.165, 1.54) is 13.4 Å². The third-order valence-corrected chi connectivity index (χ3v) is 5.48. The van der Waals surface area contributed by atoms with Gasteiger partial charge < -0.3 is 15.4 Å². The predicted octanol–water partition coefficient (Wildman–Crippen LogP) is 0.516. The van der Waals surface area contributed by atoms with Gasteiger partial charge >= 0.3 is 0 Å². The molecule has 1 aliphatic rings. The molecule has 2 rings (SSSR count). The van der Waals surface area contributed by atoms with E-state index in [1.807, 2.05) is 0 Å². The molecule has 0 radical (unpaired) electrons. The molecule has 0 spiro atoms. The molecule has 1 atom stereocenters. The van der Waals surface area contributed by atoms with Gasteiger partial charge in [-0.25, -0.2) is 18.4 Å². The van der Waals surface area contributed by atoms with Gasteiger partial charge in [0.2, 0.25) is 5.75 Å². The molecule has 1 unspecified atom stereocenters. The first-order valence-electron chi connectivity index (χ1n) is 6.10. The lowest BCUT2D eigenvalue weighted by atomic mass is 10.2. The van der Waals surface area contributed by atoms with Crippen molar-refractivity contribution in [3.8, 4) is 5.75 Å². The van der Waals surface area contributed by atoms with Crippen molar-refractivity contribution in [2.45, 2.75) is 18.1 Å². The van der Waals surface area contributed by atoms with Gasteiger partial charge in [0.05, 0.1) is 18.1 Å². The molecule has 1 saturated heterocycles. The average Bonchev–Trinajstić information content (AvgIpc) is 2.74. The number of methoxy groups -OCH3 is 1. The van der Waals surface area contributed by atoms with Crippen LogP contribution in [-0.4, -0.2) is 50.1 Å². The second kappa shape index (κ2) is 5.60. The van der Waals surface area contributed by atoms with Crippen LogP contribution in [0.5, 0.6) is 5.75 Å². The summed E-state index contributed by atoms with van der Waals surface area (Å²) >= 11 is 0. The molecule has 19 heavy (non-hydrogen) atoms. The lowest BCUT2D eigenvalue weighted by Gasteiger charge is -2.15. The van der Waals surface area contributed by atoms with Gasteiger partial charge in [-0.3, -0.25) is 0 Å². The van der Waals surface area contributed by atoms with Gasteiger partial charge in [-0.1, -0.05) is 0 Å². The van der Waals surface area contributed by atoms with Gasteiger partial charge in [-0.05, 0) is 12.8 Å². The van der Waals surface area contributed by atoms with E-state index in [-0.39, 0.29) is 11.0 Å². The summed E-state index contributed by atoms with van der Waals surface area (Å²) in [4.78, 5) is 8.12. The van der Waals surface area contributed by atoms with Crippen molar-refractivity contribution in [3.63, 3.8) is 0 Å². The van der Waals surface area contributed by atoms with Crippen molar-refractivity contribution in [2.24, 2.45) is 0 Å². The number of sulfone groups is 1. The number of rotatable bonds is 5. The Hall–Kier alpha value is -1.57.